The first-order valence-corrected chi connectivity index (χ1v) is 9.46. The normalized spacial score (nSPS) is 11.5. The molecule has 0 radical (unpaired) electrons. The summed E-state index contributed by atoms with van der Waals surface area (Å²) in [6.45, 7) is 1.90. The van der Waals surface area contributed by atoms with Crippen molar-refractivity contribution in [3.63, 3.8) is 0 Å². The zero-order valence-corrected chi connectivity index (χ0v) is 16.3. The van der Waals surface area contributed by atoms with Gasteiger partial charge in [0.05, 0.1) is 12.1 Å². The predicted octanol–water partition coefficient (Wildman–Crippen LogP) is 5.40. The van der Waals surface area contributed by atoms with Crippen molar-refractivity contribution in [3.05, 3.63) is 102 Å². The number of nitrogens with zero attached hydrogens (tertiary/aromatic N) is 2. The molecule has 0 fully saturated rings. The standard InChI is InChI=1S/C24H20FN3O2/c1-16-10-13-21(23(28-29)26-15-19-8-4-5-9-22(19)25)24(27-16)30-20-12-11-17-6-2-3-7-18(17)14-20/h2-14,29H,15H2,1H3,(H,26,28). The first-order valence-electron chi connectivity index (χ1n) is 9.46. The second-order valence-electron chi connectivity index (χ2n) is 6.78. The lowest BCUT2D eigenvalue weighted by Crippen LogP contribution is -2.22. The fraction of sp³-hybridized carbons (Fsp3) is 0.0833. The molecule has 0 saturated heterocycles. The molecule has 6 heteroatoms. The Morgan fingerprint density at radius 2 is 1.77 bits per heavy atom. The molecule has 0 bridgehead atoms. The zero-order valence-electron chi connectivity index (χ0n) is 16.3. The van der Waals surface area contributed by atoms with E-state index in [1.165, 1.54) is 6.07 Å². The van der Waals surface area contributed by atoms with Crippen LogP contribution in [0.1, 0.15) is 16.8 Å². The van der Waals surface area contributed by atoms with Gasteiger partial charge < -0.3 is 4.74 Å². The van der Waals surface area contributed by atoms with Gasteiger partial charge in [-0.05, 0) is 48.0 Å². The molecule has 4 rings (SSSR count). The van der Waals surface area contributed by atoms with Gasteiger partial charge in [-0.1, -0.05) is 48.5 Å². The number of hydroxylamine groups is 1. The van der Waals surface area contributed by atoms with Crippen molar-refractivity contribution in [1.29, 1.82) is 0 Å². The maximum absolute atomic E-state index is 13.9. The Labute approximate surface area is 173 Å². The number of hydrogen-bond donors (Lipinski definition) is 2. The van der Waals surface area contributed by atoms with E-state index in [0.717, 1.165) is 16.5 Å². The zero-order chi connectivity index (χ0) is 20.9. The van der Waals surface area contributed by atoms with Crippen molar-refractivity contribution < 1.29 is 14.3 Å². The van der Waals surface area contributed by atoms with E-state index in [1.54, 1.807) is 30.3 Å². The highest BCUT2D eigenvalue weighted by Crippen LogP contribution is 2.27. The molecule has 150 valence electrons. The van der Waals surface area contributed by atoms with Crippen LogP contribution >= 0.6 is 0 Å². The predicted molar refractivity (Wildman–Crippen MR) is 115 cm³/mol. The second kappa shape index (κ2) is 8.71. The van der Waals surface area contributed by atoms with E-state index in [0.29, 0.717) is 22.8 Å². The third kappa shape index (κ3) is 4.29. The van der Waals surface area contributed by atoms with E-state index < -0.39 is 0 Å². The van der Waals surface area contributed by atoms with Crippen LogP contribution in [-0.2, 0) is 6.54 Å². The van der Waals surface area contributed by atoms with Gasteiger partial charge in [-0.2, -0.15) is 0 Å². The Morgan fingerprint density at radius 1 is 1.00 bits per heavy atom. The lowest BCUT2D eigenvalue weighted by molar-refractivity contribution is 0.234. The molecule has 0 aliphatic heterocycles. The minimum absolute atomic E-state index is 0.0544. The van der Waals surface area contributed by atoms with Gasteiger partial charge in [-0.3, -0.25) is 15.7 Å². The van der Waals surface area contributed by atoms with Gasteiger partial charge >= 0.3 is 0 Å². The number of hydrogen-bond acceptors (Lipinski definition) is 4. The molecule has 0 aliphatic carbocycles. The average molecular weight is 401 g/mol. The van der Waals surface area contributed by atoms with E-state index in [2.05, 4.69) is 15.5 Å². The highest BCUT2D eigenvalue weighted by molar-refractivity contribution is 6.00. The van der Waals surface area contributed by atoms with Crippen LogP contribution in [0.15, 0.2) is 83.9 Å². The van der Waals surface area contributed by atoms with Gasteiger partial charge in [0.15, 0.2) is 5.84 Å². The minimum Gasteiger partial charge on any atom is -0.438 e. The van der Waals surface area contributed by atoms with Crippen molar-refractivity contribution in [2.24, 2.45) is 4.99 Å². The van der Waals surface area contributed by atoms with Crippen LogP contribution in [0.5, 0.6) is 11.6 Å². The summed E-state index contributed by atoms with van der Waals surface area (Å²) in [7, 11) is 0. The second-order valence-corrected chi connectivity index (χ2v) is 6.78. The summed E-state index contributed by atoms with van der Waals surface area (Å²) in [6, 6.07) is 23.6. The molecule has 4 aromatic rings. The molecule has 1 heterocycles. The van der Waals surface area contributed by atoms with Crippen LogP contribution in [0.2, 0.25) is 0 Å². The van der Waals surface area contributed by atoms with Gasteiger partial charge in [-0.25, -0.2) is 9.37 Å². The van der Waals surface area contributed by atoms with E-state index in [-0.39, 0.29) is 18.2 Å². The fourth-order valence-corrected chi connectivity index (χ4v) is 3.11. The summed E-state index contributed by atoms with van der Waals surface area (Å²) in [4.78, 5) is 8.78. The Balaban J connectivity index is 1.67. The molecule has 1 aromatic heterocycles. The Hall–Kier alpha value is -3.77. The summed E-state index contributed by atoms with van der Waals surface area (Å²) in [5.41, 5.74) is 3.73. The molecule has 0 spiro atoms. The molecule has 3 aromatic carbocycles. The first kappa shape index (κ1) is 19.5. The lowest BCUT2D eigenvalue weighted by atomic mass is 10.1. The topological polar surface area (TPSA) is 66.7 Å². The summed E-state index contributed by atoms with van der Waals surface area (Å²) in [5.74, 6) is 0.688. The molecule has 5 nitrogen and oxygen atoms in total. The fourth-order valence-electron chi connectivity index (χ4n) is 3.11. The van der Waals surface area contributed by atoms with Crippen molar-refractivity contribution in [2.45, 2.75) is 13.5 Å². The summed E-state index contributed by atoms with van der Waals surface area (Å²) in [6.07, 6.45) is 0. The van der Waals surface area contributed by atoms with Crippen LogP contribution < -0.4 is 10.2 Å². The van der Waals surface area contributed by atoms with Gasteiger partial charge in [0, 0.05) is 11.3 Å². The number of nitrogens with one attached hydrogen (secondary N) is 1. The molecule has 0 amide bonds. The first-order chi connectivity index (χ1) is 14.6. The van der Waals surface area contributed by atoms with Crippen LogP contribution in [0.25, 0.3) is 10.8 Å². The summed E-state index contributed by atoms with van der Waals surface area (Å²) >= 11 is 0. The Morgan fingerprint density at radius 3 is 2.57 bits per heavy atom. The van der Waals surface area contributed by atoms with Crippen molar-refractivity contribution >= 4 is 16.6 Å². The molecule has 2 N–H and O–H groups in total. The van der Waals surface area contributed by atoms with Gasteiger partial charge in [0.1, 0.15) is 11.6 Å². The maximum atomic E-state index is 13.9. The highest BCUT2D eigenvalue weighted by atomic mass is 19.1. The van der Waals surface area contributed by atoms with Gasteiger partial charge in [0.25, 0.3) is 0 Å². The maximum Gasteiger partial charge on any atom is 0.230 e. The third-order valence-corrected chi connectivity index (χ3v) is 4.66. The van der Waals surface area contributed by atoms with Gasteiger partial charge in [0.2, 0.25) is 5.88 Å². The van der Waals surface area contributed by atoms with Crippen LogP contribution in [0, 0.1) is 12.7 Å². The number of aromatic nitrogens is 1. The molecule has 0 aliphatic rings. The number of aryl methyl sites for hydroxylation is 1. The average Bonchev–Trinajstić information content (AvgIpc) is 2.76. The van der Waals surface area contributed by atoms with Crippen LogP contribution in [-0.4, -0.2) is 16.0 Å². The molecule has 30 heavy (non-hydrogen) atoms. The largest absolute Gasteiger partial charge is 0.438 e. The number of pyridine rings is 1. The molecular weight excluding hydrogens is 381 g/mol. The number of aliphatic imine (C=N–C) groups is 1. The van der Waals surface area contributed by atoms with Crippen molar-refractivity contribution in [1.82, 2.24) is 10.5 Å². The van der Waals surface area contributed by atoms with Crippen molar-refractivity contribution in [2.75, 3.05) is 0 Å². The molecule has 0 saturated carbocycles. The number of amidine groups is 1. The van der Waals surface area contributed by atoms with E-state index >= 15 is 0 Å². The molecular formula is C24H20FN3O2. The number of halogens is 1. The van der Waals surface area contributed by atoms with E-state index in [9.17, 15) is 9.60 Å². The smallest absolute Gasteiger partial charge is 0.230 e. The van der Waals surface area contributed by atoms with Gasteiger partial charge in [-0.15, -0.1) is 0 Å². The minimum atomic E-state index is -0.354. The monoisotopic (exact) mass is 401 g/mol. The summed E-state index contributed by atoms with van der Waals surface area (Å²) < 4.78 is 19.9. The highest BCUT2D eigenvalue weighted by Gasteiger charge is 2.14. The lowest BCUT2D eigenvalue weighted by Gasteiger charge is -2.13. The number of ether oxygens (including phenoxy) is 1. The molecule has 0 unspecified atom stereocenters. The molecule has 0 atom stereocenters. The van der Waals surface area contributed by atoms with E-state index in [4.69, 9.17) is 4.74 Å². The number of benzene rings is 3. The number of fused-ring (bicyclic) bond motifs is 1. The summed E-state index contributed by atoms with van der Waals surface area (Å²) in [5, 5.41) is 11.8. The third-order valence-electron chi connectivity index (χ3n) is 4.66. The SMILES string of the molecule is Cc1ccc(C(=NCc2ccccc2F)NO)c(Oc2ccc3ccccc3c2)n1. The van der Waals surface area contributed by atoms with Crippen LogP contribution in [0.3, 0.4) is 0 Å². The van der Waals surface area contributed by atoms with Crippen molar-refractivity contribution in [3.8, 4) is 11.6 Å². The Kier molecular flexibility index (Phi) is 5.68. The number of rotatable bonds is 5. The van der Waals surface area contributed by atoms with E-state index in [1.807, 2.05) is 49.4 Å². The Bertz CT molecular complexity index is 1220. The quantitative estimate of drug-likeness (QED) is 0.267. The van der Waals surface area contributed by atoms with Crippen LogP contribution in [0.4, 0.5) is 4.39 Å².